The number of hydrogen-bond donors (Lipinski definition) is 2. The summed E-state index contributed by atoms with van der Waals surface area (Å²) in [7, 11) is 0. The van der Waals surface area contributed by atoms with Crippen molar-refractivity contribution in [1.82, 2.24) is 0 Å². The van der Waals surface area contributed by atoms with Crippen LogP contribution in [0.15, 0.2) is 24.3 Å². The van der Waals surface area contributed by atoms with E-state index in [1.165, 1.54) is 0 Å². The standard InChI is InChI=1S/C10H13NO2/c1-7(5-10(12)13)8-3-2-4-9(11)6-8/h2-4,6-7H,5,11H2,1H3,(H,12,13). The van der Waals surface area contributed by atoms with Crippen LogP contribution in [0, 0.1) is 0 Å². The maximum absolute atomic E-state index is 10.4. The van der Waals surface area contributed by atoms with Crippen molar-refractivity contribution < 1.29 is 9.90 Å². The first-order chi connectivity index (χ1) is 6.09. The fraction of sp³-hybridized carbons (Fsp3) is 0.300. The molecule has 0 fully saturated rings. The predicted molar refractivity (Wildman–Crippen MR) is 51.5 cm³/mol. The predicted octanol–water partition coefficient (Wildman–Crippen LogP) is 1.85. The summed E-state index contributed by atoms with van der Waals surface area (Å²) in [6.07, 6.45) is 0.142. The van der Waals surface area contributed by atoms with Gasteiger partial charge in [0.15, 0.2) is 0 Å². The van der Waals surface area contributed by atoms with Crippen LogP contribution in [-0.2, 0) is 4.79 Å². The lowest BCUT2D eigenvalue weighted by atomic mass is 9.98. The molecule has 3 N–H and O–H groups in total. The summed E-state index contributed by atoms with van der Waals surface area (Å²) in [5.74, 6) is -0.768. The molecule has 1 rings (SSSR count). The molecule has 1 unspecified atom stereocenters. The number of carboxylic acid groups (broad SMARTS) is 1. The second-order valence-corrected chi connectivity index (χ2v) is 3.17. The Hall–Kier alpha value is -1.51. The Kier molecular flexibility index (Phi) is 2.90. The van der Waals surface area contributed by atoms with Gasteiger partial charge < -0.3 is 10.8 Å². The zero-order valence-corrected chi connectivity index (χ0v) is 7.53. The molecule has 0 bridgehead atoms. The van der Waals surface area contributed by atoms with Gasteiger partial charge in [0.05, 0.1) is 6.42 Å². The van der Waals surface area contributed by atoms with E-state index in [1.807, 2.05) is 25.1 Å². The summed E-state index contributed by atoms with van der Waals surface area (Å²) in [6.45, 7) is 1.88. The highest BCUT2D eigenvalue weighted by Crippen LogP contribution is 2.20. The molecule has 13 heavy (non-hydrogen) atoms. The maximum Gasteiger partial charge on any atom is 0.303 e. The maximum atomic E-state index is 10.4. The Morgan fingerprint density at radius 3 is 2.85 bits per heavy atom. The molecule has 0 saturated carbocycles. The van der Waals surface area contributed by atoms with Crippen LogP contribution in [-0.4, -0.2) is 11.1 Å². The van der Waals surface area contributed by atoms with E-state index in [2.05, 4.69) is 0 Å². The summed E-state index contributed by atoms with van der Waals surface area (Å²) in [5, 5.41) is 8.58. The molecule has 0 saturated heterocycles. The Balaban J connectivity index is 2.76. The van der Waals surface area contributed by atoms with Gasteiger partial charge in [0, 0.05) is 5.69 Å². The summed E-state index contributed by atoms with van der Waals surface area (Å²) >= 11 is 0. The highest BCUT2D eigenvalue weighted by molar-refractivity contribution is 5.68. The molecule has 0 aliphatic carbocycles. The van der Waals surface area contributed by atoms with Crippen molar-refractivity contribution in [3.05, 3.63) is 29.8 Å². The van der Waals surface area contributed by atoms with Gasteiger partial charge in [-0.2, -0.15) is 0 Å². The highest BCUT2D eigenvalue weighted by atomic mass is 16.4. The van der Waals surface area contributed by atoms with Gasteiger partial charge in [-0.3, -0.25) is 4.79 Å². The van der Waals surface area contributed by atoms with Crippen molar-refractivity contribution in [2.75, 3.05) is 5.73 Å². The van der Waals surface area contributed by atoms with Gasteiger partial charge in [-0.25, -0.2) is 0 Å². The van der Waals surface area contributed by atoms with Gasteiger partial charge in [-0.05, 0) is 23.6 Å². The summed E-state index contributed by atoms with van der Waals surface area (Å²) in [6, 6.07) is 7.33. The summed E-state index contributed by atoms with van der Waals surface area (Å²) in [4.78, 5) is 10.4. The smallest absolute Gasteiger partial charge is 0.303 e. The molecule has 0 aromatic heterocycles. The molecule has 3 heteroatoms. The zero-order chi connectivity index (χ0) is 9.84. The molecular formula is C10H13NO2. The van der Waals surface area contributed by atoms with Gasteiger partial charge in [-0.1, -0.05) is 19.1 Å². The number of carbonyl (C=O) groups is 1. The van der Waals surface area contributed by atoms with Crippen molar-refractivity contribution in [2.24, 2.45) is 0 Å². The van der Waals surface area contributed by atoms with Gasteiger partial charge in [0.25, 0.3) is 0 Å². The van der Waals surface area contributed by atoms with E-state index in [-0.39, 0.29) is 12.3 Å². The van der Waals surface area contributed by atoms with Crippen LogP contribution < -0.4 is 5.73 Å². The Morgan fingerprint density at radius 2 is 2.31 bits per heavy atom. The fourth-order valence-corrected chi connectivity index (χ4v) is 1.25. The SMILES string of the molecule is CC(CC(=O)O)c1cccc(N)c1. The van der Waals surface area contributed by atoms with Crippen LogP contribution in [0.5, 0.6) is 0 Å². The van der Waals surface area contributed by atoms with E-state index in [0.29, 0.717) is 5.69 Å². The van der Waals surface area contributed by atoms with Gasteiger partial charge in [0.1, 0.15) is 0 Å². The molecule has 0 amide bonds. The quantitative estimate of drug-likeness (QED) is 0.696. The third-order valence-electron chi connectivity index (χ3n) is 1.96. The lowest BCUT2D eigenvalue weighted by Crippen LogP contribution is -2.03. The molecule has 70 valence electrons. The monoisotopic (exact) mass is 179 g/mol. The lowest BCUT2D eigenvalue weighted by Gasteiger charge is -2.08. The first-order valence-electron chi connectivity index (χ1n) is 4.17. The second kappa shape index (κ2) is 3.94. The number of nitrogens with two attached hydrogens (primary N) is 1. The van der Waals surface area contributed by atoms with E-state index in [1.54, 1.807) is 6.07 Å². The van der Waals surface area contributed by atoms with Crippen LogP contribution in [0.3, 0.4) is 0 Å². The molecule has 1 aromatic rings. The van der Waals surface area contributed by atoms with E-state index in [0.717, 1.165) is 5.56 Å². The first-order valence-corrected chi connectivity index (χ1v) is 4.17. The van der Waals surface area contributed by atoms with Crippen molar-refractivity contribution in [2.45, 2.75) is 19.3 Å². The van der Waals surface area contributed by atoms with E-state index >= 15 is 0 Å². The topological polar surface area (TPSA) is 63.3 Å². The highest BCUT2D eigenvalue weighted by Gasteiger charge is 2.09. The summed E-state index contributed by atoms with van der Waals surface area (Å²) in [5.41, 5.74) is 7.23. The van der Waals surface area contributed by atoms with Crippen molar-refractivity contribution in [1.29, 1.82) is 0 Å². The van der Waals surface area contributed by atoms with Crippen molar-refractivity contribution >= 4 is 11.7 Å². The minimum Gasteiger partial charge on any atom is -0.481 e. The average Bonchev–Trinajstić information content (AvgIpc) is 2.03. The number of benzene rings is 1. The minimum absolute atomic E-state index is 0.0148. The molecule has 0 radical (unpaired) electrons. The second-order valence-electron chi connectivity index (χ2n) is 3.17. The van der Waals surface area contributed by atoms with Crippen molar-refractivity contribution in [3.63, 3.8) is 0 Å². The van der Waals surface area contributed by atoms with E-state index in [4.69, 9.17) is 10.8 Å². The van der Waals surface area contributed by atoms with Crippen LogP contribution in [0.25, 0.3) is 0 Å². The van der Waals surface area contributed by atoms with Crippen LogP contribution >= 0.6 is 0 Å². The minimum atomic E-state index is -0.782. The molecule has 1 atom stereocenters. The fourth-order valence-electron chi connectivity index (χ4n) is 1.25. The van der Waals surface area contributed by atoms with Gasteiger partial charge in [0.2, 0.25) is 0 Å². The number of anilines is 1. The third kappa shape index (κ3) is 2.78. The largest absolute Gasteiger partial charge is 0.481 e. The summed E-state index contributed by atoms with van der Waals surface area (Å²) < 4.78 is 0. The molecule has 3 nitrogen and oxygen atoms in total. The number of rotatable bonds is 3. The number of carboxylic acids is 1. The van der Waals surface area contributed by atoms with Crippen LogP contribution in [0.1, 0.15) is 24.8 Å². The van der Waals surface area contributed by atoms with Crippen LogP contribution in [0.2, 0.25) is 0 Å². The van der Waals surface area contributed by atoms with Crippen molar-refractivity contribution in [3.8, 4) is 0 Å². The molecule has 0 heterocycles. The molecule has 0 aliphatic rings. The molecule has 1 aromatic carbocycles. The molecule has 0 aliphatic heterocycles. The Labute approximate surface area is 77.2 Å². The normalized spacial score (nSPS) is 12.4. The van der Waals surface area contributed by atoms with E-state index in [9.17, 15) is 4.79 Å². The third-order valence-corrected chi connectivity index (χ3v) is 1.96. The molecule has 0 spiro atoms. The zero-order valence-electron chi connectivity index (χ0n) is 7.53. The molecular weight excluding hydrogens is 166 g/mol. The number of hydrogen-bond acceptors (Lipinski definition) is 2. The van der Waals surface area contributed by atoms with Gasteiger partial charge >= 0.3 is 5.97 Å². The Morgan fingerprint density at radius 1 is 1.62 bits per heavy atom. The first kappa shape index (κ1) is 9.58. The number of nitrogen functional groups attached to an aromatic ring is 1. The van der Waals surface area contributed by atoms with Crippen LogP contribution in [0.4, 0.5) is 5.69 Å². The Bertz CT molecular complexity index is 310. The van der Waals surface area contributed by atoms with E-state index < -0.39 is 5.97 Å². The number of aliphatic carboxylic acids is 1. The van der Waals surface area contributed by atoms with Gasteiger partial charge in [-0.15, -0.1) is 0 Å². The lowest BCUT2D eigenvalue weighted by molar-refractivity contribution is -0.137. The average molecular weight is 179 g/mol.